The third kappa shape index (κ3) is 3.59. The molecule has 3 aromatic heterocycles. The summed E-state index contributed by atoms with van der Waals surface area (Å²) in [6.45, 7) is 0.451. The van der Waals surface area contributed by atoms with E-state index in [9.17, 15) is 4.79 Å². The minimum Gasteiger partial charge on any atom is -0.352 e. The Morgan fingerprint density at radius 1 is 1.23 bits per heavy atom. The van der Waals surface area contributed by atoms with Crippen LogP contribution in [-0.2, 0) is 17.8 Å². The summed E-state index contributed by atoms with van der Waals surface area (Å²) in [4.78, 5) is 17.5. The SMILES string of the molecule is O=C(CCc1cccs1)NCc1cccnc1-n1cccn1. The first-order valence-corrected chi connectivity index (χ1v) is 7.94. The molecule has 0 aliphatic heterocycles. The first-order chi connectivity index (χ1) is 10.8. The quantitative estimate of drug-likeness (QED) is 0.761. The van der Waals surface area contributed by atoms with Crippen molar-refractivity contribution in [2.75, 3.05) is 0 Å². The lowest BCUT2D eigenvalue weighted by molar-refractivity contribution is -0.121. The van der Waals surface area contributed by atoms with Crippen molar-refractivity contribution in [3.63, 3.8) is 0 Å². The van der Waals surface area contributed by atoms with Gasteiger partial charge in [0.25, 0.3) is 0 Å². The van der Waals surface area contributed by atoms with Crippen LogP contribution in [0.25, 0.3) is 5.82 Å². The van der Waals surface area contributed by atoms with Crippen LogP contribution in [0.4, 0.5) is 0 Å². The number of aromatic nitrogens is 3. The van der Waals surface area contributed by atoms with E-state index in [-0.39, 0.29) is 5.91 Å². The Hall–Kier alpha value is -2.47. The van der Waals surface area contributed by atoms with Crippen LogP contribution < -0.4 is 5.32 Å². The highest BCUT2D eigenvalue weighted by Crippen LogP contribution is 2.12. The lowest BCUT2D eigenvalue weighted by Gasteiger charge is -2.09. The lowest BCUT2D eigenvalue weighted by Crippen LogP contribution is -2.24. The van der Waals surface area contributed by atoms with Gasteiger partial charge in [0.2, 0.25) is 5.91 Å². The molecule has 0 fully saturated rings. The molecule has 0 bridgehead atoms. The van der Waals surface area contributed by atoms with Crippen LogP contribution in [0.15, 0.2) is 54.3 Å². The number of aryl methyl sites for hydroxylation is 1. The molecule has 1 N–H and O–H groups in total. The predicted molar refractivity (Wildman–Crippen MR) is 85.8 cm³/mol. The number of amides is 1. The van der Waals surface area contributed by atoms with Crippen molar-refractivity contribution in [3.05, 3.63) is 64.7 Å². The molecule has 0 saturated carbocycles. The zero-order chi connectivity index (χ0) is 15.2. The molecule has 0 radical (unpaired) electrons. The fourth-order valence-corrected chi connectivity index (χ4v) is 2.85. The highest BCUT2D eigenvalue weighted by atomic mass is 32.1. The van der Waals surface area contributed by atoms with Crippen LogP contribution in [0.2, 0.25) is 0 Å². The zero-order valence-corrected chi connectivity index (χ0v) is 12.8. The Morgan fingerprint density at radius 2 is 2.18 bits per heavy atom. The van der Waals surface area contributed by atoms with E-state index in [0.29, 0.717) is 13.0 Å². The highest BCUT2D eigenvalue weighted by Gasteiger charge is 2.08. The summed E-state index contributed by atoms with van der Waals surface area (Å²) >= 11 is 1.68. The molecule has 3 heterocycles. The Kier molecular flexibility index (Phi) is 4.60. The summed E-state index contributed by atoms with van der Waals surface area (Å²) in [6, 6.07) is 9.71. The van der Waals surface area contributed by atoms with Gasteiger partial charge in [0, 0.05) is 42.0 Å². The van der Waals surface area contributed by atoms with E-state index in [1.165, 1.54) is 4.88 Å². The number of carbonyl (C=O) groups excluding carboxylic acids is 1. The Bertz CT molecular complexity index is 722. The monoisotopic (exact) mass is 312 g/mol. The number of hydrogen-bond donors (Lipinski definition) is 1. The molecule has 5 nitrogen and oxygen atoms in total. The number of thiophene rings is 1. The van der Waals surface area contributed by atoms with Crippen LogP contribution in [0.5, 0.6) is 0 Å². The fourth-order valence-electron chi connectivity index (χ4n) is 2.14. The van der Waals surface area contributed by atoms with Crippen LogP contribution in [0, 0.1) is 0 Å². The number of rotatable bonds is 6. The number of hydrogen-bond acceptors (Lipinski definition) is 4. The summed E-state index contributed by atoms with van der Waals surface area (Å²) in [7, 11) is 0. The summed E-state index contributed by atoms with van der Waals surface area (Å²) < 4.78 is 1.70. The molecule has 0 saturated heterocycles. The van der Waals surface area contributed by atoms with Crippen molar-refractivity contribution in [3.8, 4) is 5.82 Å². The van der Waals surface area contributed by atoms with Gasteiger partial charge in [-0.25, -0.2) is 9.67 Å². The molecule has 0 spiro atoms. The van der Waals surface area contributed by atoms with Crippen LogP contribution in [0.1, 0.15) is 16.9 Å². The molecule has 3 rings (SSSR count). The largest absolute Gasteiger partial charge is 0.352 e. The van der Waals surface area contributed by atoms with Crippen LogP contribution in [-0.4, -0.2) is 20.7 Å². The average Bonchev–Trinajstić information content (AvgIpc) is 3.24. The molecule has 0 aliphatic carbocycles. The molecular formula is C16H16N4OS. The molecule has 112 valence electrons. The zero-order valence-electron chi connectivity index (χ0n) is 12.0. The Balaban J connectivity index is 1.58. The molecule has 0 aliphatic rings. The molecule has 6 heteroatoms. The Labute approximate surface area is 132 Å². The van der Waals surface area contributed by atoms with E-state index >= 15 is 0 Å². The van der Waals surface area contributed by atoms with Crippen molar-refractivity contribution in [1.82, 2.24) is 20.1 Å². The van der Waals surface area contributed by atoms with E-state index in [1.54, 1.807) is 28.4 Å². The van der Waals surface area contributed by atoms with E-state index in [1.807, 2.05) is 35.8 Å². The van der Waals surface area contributed by atoms with Gasteiger partial charge in [0.1, 0.15) is 0 Å². The first-order valence-electron chi connectivity index (χ1n) is 7.06. The van der Waals surface area contributed by atoms with Gasteiger partial charge < -0.3 is 5.32 Å². The van der Waals surface area contributed by atoms with Gasteiger partial charge in [-0.2, -0.15) is 5.10 Å². The number of carbonyl (C=O) groups is 1. The summed E-state index contributed by atoms with van der Waals surface area (Å²) in [5.74, 6) is 0.787. The van der Waals surface area contributed by atoms with Gasteiger partial charge >= 0.3 is 0 Å². The standard InChI is InChI=1S/C16H16N4OS/c21-15(7-6-14-5-2-11-22-14)18-12-13-4-1-8-17-16(13)20-10-3-9-19-20/h1-5,8-11H,6-7,12H2,(H,18,21). The number of pyridine rings is 1. The van der Waals surface area contributed by atoms with Crippen molar-refractivity contribution in [1.29, 1.82) is 0 Å². The van der Waals surface area contributed by atoms with E-state index in [4.69, 9.17) is 0 Å². The predicted octanol–water partition coefficient (Wildman–Crippen LogP) is 2.58. The third-order valence-electron chi connectivity index (χ3n) is 3.24. The molecule has 0 atom stereocenters. The van der Waals surface area contributed by atoms with Gasteiger partial charge in [-0.3, -0.25) is 4.79 Å². The number of nitrogens with zero attached hydrogens (tertiary/aromatic N) is 3. The normalized spacial score (nSPS) is 10.5. The van der Waals surface area contributed by atoms with E-state index in [0.717, 1.165) is 17.8 Å². The second-order valence-corrected chi connectivity index (χ2v) is 5.83. The van der Waals surface area contributed by atoms with Gasteiger partial charge in [-0.05, 0) is 30.0 Å². The first kappa shape index (κ1) is 14.5. The molecule has 1 amide bonds. The third-order valence-corrected chi connectivity index (χ3v) is 4.18. The topological polar surface area (TPSA) is 59.8 Å². The smallest absolute Gasteiger partial charge is 0.220 e. The second kappa shape index (κ2) is 7.00. The van der Waals surface area contributed by atoms with Gasteiger partial charge in [0.15, 0.2) is 5.82 Å². The maximum absolute atomic E-state index is 12.0. The van der Waals surface area contributed by atoms with E-state index < -0.39 is 0 Å². The highest BCUT2D eigenvalue weighted by molar-refractivity contribution is 7.09. The van der Waals surface area contributed by atoms with Gasteiger partial charge in [-0.15, -0.1) is 11.3 Å². The van der Waals surface area contributed by atoms with Crippen molar-refractivity contribution < 1.29 is 4.79 Å². The summed E-state index contributed by atoms with van der Waals surface area (Å²) in [5.41, 5.74) is 0.940. The fraction of sp³-hybridized carbons (Fsp3) is 0.188. The maximum atomic E-state index is 12.0. The van der Waals surface area contributed by atoms with Crippen molar-refractivity contribution in [2.24, 2.45) is 0 Å². The molecule has 0 unspecified atom stereocenters. The van der Waals surface area contributed by atoms with Crippen LogP contribution >= 0.6 is 11.3 Å². The number of nitrogens with one attached hydrogen (secondary N) is 1. The molecular weight excluding hydrogens is 296 g/mol. The van der Waals surface area contributed by atoms with Gasteiger partial charge in [0.05, 0.1) is 0 Å². The minimum absolute atomic E-state index is 0.0451. The lowest BCUT2D eigenvalue weighted by atomic mass is 10.2. The maximum Gasteiger partial charge on any atom is 0.220 e. The molecule has 3 aromatic rings. The Morgan fingerprint density at radius 3 is 2.95 bits per heavy atom. The minimum atomic E-state index is 0.0451. The van der Waals surface area contributed by atoms with Gasteiger partial charge in [-0.1, -0.05) is 12.1 Å². The van der Waals surface area contributed by atoms with E-state index in [2.05, 4.69) is 21.5 Å². The average molecular weight is 312 g/mol. The summed E-state index contributed by atoms with van der Waals surface area (Å²) in [6.07, 6.45) is 6.54. The van der Waals surface area contributed by atoms with Crippen molar-refractivity contribution in [2.45, 2.75) is 19.4 Å². The second-order valence-electron chi connectivity index (χ2n) is 4.79. The molecule has 22 heavy (non-hydrogen) atoms. The molecule has 0 aromatic carbocycles. The summed E-state index contributed by atoms with van der Waals surface area (Å²) in [5, 5.41) is 9.16. The van der Waals surface area contributed by atoms with Crippen molar-refractivity contribution >= 4 is 17.2 Å². The van der Waals surface area contributed by atoms with Crippen LogP contribution in [0.3, 0.4) is 0 Å².